The Morgan fingerprint density at radius 3 is 2.82 bits per heavy atom. The van der Waals surface area contributed by atoms with E-state index in [4.69, 9.17) is 0 Å². The fourth-order valence-corrected chi connectivity index (χ4v) is 1.92. The first-order chi connectivity index (χ1) is 8.35. The molecule has 0 fully saturated rings. The summed E-state index contributed by atoms with van der Waals surface area (Å²) >= 11 is 0. The van der Waals surface area contributed by atoms with Crippen LogP contribution >= 0.6 is 0 Å². The van der Waals surface area contributed by atoms with Gasteiger partial charge in [0.05, 0.1) is 5.52 Å². The van der Waals surface area contributed by atoms with Gasteiger partial charge in [-0.25, -0.2) is 4.98 Å². The number of fused-ring (bicyclic) bond motifs is 1. The highest BCUT2D eigenvalue weighted by atomic mass is 15.0. The fourth-order valence-electron chi connectivity index (χ4n) is 1.92. The topological polar surface area (TPSA) is 37.0 Å². The highest BCUT2D eigenvalue weighted by molar-refractivity contribution is 5.83. The van der Waals surface area contributed by atoms with E-state index in [1.54, 1.807) is 0 Å². The summed E-state index contributed by atoms with van der Waals surface area (Å²) in [6.45, 7) is 4.12. The van der Waals surface area contributed by atoms with Crippen LogP contribution in [0.4, 0.5) is 5.82 Å². The number of hydrogen-bond donors (Lipinski definition) is 2. The van der Waals surface area contributed by atoms with Crippen molar-refractivity contribution in [3.8, 4) is 0 Å². The number of hydrogen-bond acceptors (Lipinski definition) is 3. The van der Waals surface area contributed by atoms with Crippen LogP contribution in [0, 0.1) is 0 Å². The molecule has 1 aromatic carbocycles. The largest absolute Gasteiger partial charge is 0.373 e. The van der Waals surface area contributed by atoms with Crippen molar-refractivity contribution in [2.45, 2.75) is 19.9 Å². The van der Waals surface area contributed by atoms with Gasteiger partial charge in [-0.2, -0.15) is 0 Å². The zero-order chi connectivity index (χ0) is 12.1. The Morgan fingerprint density at radius 1 is 1.24 bits per heavy atom. The predicted octanol–water partition coefficient (Wildman–Crippen LogP) is 2.78. The minimum atomic E-state index is 0.894. The average Bonchev–Trinajstić information content (AvgIpc) is 2.38. The highest BCUT2D eigenvalue weighted by Crippen LogP contribution is 2.20. The molecule has 2 N–H and O–H groups in total. The molecule has 0 spiro atoms. The van der Waals surface area contributed by atoms with E-state index in [1.165, 1.54) is 10.9 Å². The minimum absolute atomic E-state index is 0.894. The number of pyridine rings is 1. The van der Waals surface area contributed by atoms with E-state index in [2.05, 4.69) is 46.8 Å². The monoisotopic (exact) mass is 229 g/mol. The molecule has 0 radical (unpaired) electrons. The zero-order valence-electron chi connectivity index (χ0n) is 10.5. The van der Waals surface area contributed by atoms with Crippen molar-refractivity contribution in [2.75, 3.05) is 18.9 Å². The summed E-state index contributed by atoms with van der Waals surface area (Å²) in [4.78, 5) is 4.54. The van der Waals surface area contributed by atoms with E-state index in [0.717, 1.165) is 30.8 Å². The molecule has 17 heavy (non-hydrogen) atoms. The normalized spacial score (nSPS) is 10.7. The molecule has 2 aromatic rings. The molecule has 0 aliphatic rings. The SMILES string of the molecule is CCCNCc1cc(NC)nc2ccccc12. The van der Waals surface area contributed by atoms with Crippen LogP contribution < -0.4 is 10.6 Å². The van der Waals surface area contributed by atoms with Gasteiger partial charge in [0.1, 0.15) is 5.82 Å². The van der Waals surface area contributed by atoms with Crippen molar-refractivity contribution in [1.82, 2.24) is 10.3 Å². The molecule has 0 bridgehead atoms. The lowest BCUT2D eigenvalue weighted by molar-refractivity contribution is 0.678. The van der Waals surface area contributed by atoms with Crippen molar-refractivity contribution in [3.05, 3.63) is 35.9 Å². The van der Waals surface area contributed by atoms with Crippen LogP contribution in [0.2, 0.25) is 0 Å². The fraction of sp³-hybridized carbons (Fsp3) is 0.357. The van der Waals surface area contributed by atoms with Crippen molar-refractivity contribution in [1.29, 1.82) is 0 Å². The van der Waals surface area contributed by atoms with Gasteiger partial charge in [0.25, 0.3) is 0 Å². The van der Waals surface area contributed by atoms with Gasteiger partial charge in [-0.05, 0) is 30.7 Å². The third-order valence-electron chi connectivity index (χ3n) is 2.80. The van der Waals surface area contributed by atoms with E-state index in [0.29, 0.717) is 0 Å². The molecule has 0 unspecified atom stereocenters. The Morgan fingerprint density at radius 2 is 2.06 bits per heavy atom. The lowest BCUT2D eigenvalue weighted by Crippen LogP contribution is -2.14. The van der Waals surface area contributed by atoms with Gasteiger partial charge in [-0.15, -0.1) is 0 Å². The number of nitrogens with zero attached hydrogens (tertiary/aromatic N) is 1. The molecule has 1 aromatic heterocycles. The summed E-state index contributed by atoms with van der Waals surface area (Å²) in [6.07, 6.45) is 1.15. The minimum Gasteiger partial charge on any atom is -0.373 e. The second kappa shape index (κ2) is 5.64. The van der Waals surface area contributed by atoms with E-state index in [9.17, 15) is 0 Å². The maximum Gasteiger partial charge on any atom is 0.126 e. The lowest BCUT2D eigenvalue weighted by Gasteiger charge is -2.10. The first-order valence-corrected chi connectivity index (χ1v) is 6.12. The molecule has 0 atom stereocenters. The van der Waals surface area contributed by atoms with Crippen LogP contribution in [0.5, 0.6) is 0 Å². The molecule has 3 nitrogen and oxygen atoms in total. The maximum absolute atomic E-state index is 4.54. The first-order valence-electron chi connectivity index (χ1n) is 6.12. The number of para-hydroxylation sites is 1. The van der Waals surface area contributed by atoms with E-state index >= 15 is 0 Å². The Balaban J connectivity index is 2.36. The predicted molar refractivity (Wildman–Crippen MR) is 73.3 cm³/mol. The summed E-state index contributed by atoms with van der Waals surface area (Å²) in [5.74, 6) is 0.928. The number of benzene rings is 1. The molecule has 90 valence electrons. The van der Waals surface area contributed by atoms with Gasteiger partial charge >= 0.3 is 0 Å². The van der Waals surface area contributed by atoms with Crippen LogP contribution in [0.25, 0.3) is 10.9 Å². The Hall–Kier alpha value is -1.61. The second-order valence-electron chi connectivity index (χ2n) is 4.11. The van der Waals surface area contributed by atoms with E-state index in [1.807, 2.05) is 13.1 Å². The van der Waals surface area contributed by atoms with Crippen molar-refractivity contribution in [3.63, 3.8) is 0 Å². The van der Waals surface area contributed by atoms with E-state index < -0.39 is 0 Å². The summed E-state index contributed by atoms with van der Waals surface area (Å²) < 4.78 is 0. The van der Waals surface area contributed by atoms with Crippen LogP contribution in [-0.4, -0.2) is 18.6 Å². The lowest BCUT2D eigenvalue weighted by atomic mass is 10.1. The molecule has 0 amide bonds. The Labute approximate surface area is 102 Å². The van der Waals surface area contributed by atoms with Gasteiger partial charge < -0.3 is 10.6 Å². The number of rotatable bonds is 5. The molecule has 0 saturated heterocycles. The highest BCUT2D eigenvalue weighted by Gasteiger charge is 2.03. The average molecular weight is 229 g/mol. The third kappa shape index (κ3) is 2.74. The van der Waals surface area contributed by atoms with Crippen molar-refractivity contribution < 1.29 is 0 Å². The van der Waals surface area contributed by atoms with Crippen molar-refractivity contribution >= 4 is 16.7 Å². The quantitative estimate of drug-likeness (QED) is 0.774. The molecule has 0 aliphatic heterocycles. The summed E-state index contributed by atoms with van der Waals surface area (Å²) in [5.41, 5.74) is 2.35. The van der Waals surface area contributed by atoms with E-state index in [-0.39, 0.29) is 0 Å². The first kappa shape index (κ1) is 11.9. The van der Waals surface area contributed by atoms with Crippen LogP contribution in [0.1, 0.15) is 18.9 Å². The molecule has 0 saturated carbocycles. The van der Waals surface area contributed by atoms with Crippen molar-refractivity contribution in [2.24, 2.45) is 0 Å². The summed E-state index contributed by atoms with van der Waals surface area (Å²) in [5, 5.41) is 7.78. The number of aromatic nitrogens is 1. The molecule has 0 aliphatic carbocycles. The summed E-state index contributed by atoms with van der Waals surface area (Å²) in [6, 6.07) is 10.4. The number of nitrogens with one attached hydrogen (secondary N) is 2. The smallest absolute Gasteiger partial charge is 0.126 e. The standard InChI is InChI=1S/C14H19N3/c1-3-8-16-10-11-9-14(15-2)17-13-7-5-4-6-12(11)13/h4-7,9,16H,3,8,10H2,1-2H3,(H,15,17). The van der Waals surface area contributed by atoms with Crippen LogP contribution in [-0.2, 0) is 6.54 Å². The van der Waals surface area contributed by atoms with Gasteiger partial charge in [-0.1, -0.05) is 25.1 Å². The van der Waals surface area contributed by atoms with Gasteiger partial charge in [0, 0.05) is 19.0 Å². The molecular weight excluding hydrogens is 210 g/mol. The third-order valence-corrected chi connectivity index (χ3v) is 2.80. The van der Waals surface area contributed by atoms with Gasteiger partial charge in [0.2, 0.25) is 0 Å². The second-order valence-corrected chi connectivity index (χ2v) is 4.11. The molecule has 2 rings (SSSR count). The van der Waals surface area contributed by atoms with Gasteiger partial charge in [-0.3, -0.25) is 0 Å². The molecule has 1 heterocycles. The van der Waals surface area contributed by atoms with Gasteiger partial charge in [0.15, 0.2) is 0 Å². The van der Waals surface area contributed by atoms with Crippen LogP contribution in [0.15, 0.2) is 30.3 Å². The van der Waals surface area contributed by atoms with Crippen LogP contribution in [0.3, 0.4) is 0 Å². The Kier molecular flexibility index (Phi) is 3.94. The molecule has 3 heteroatoms. The molecular formula is C14H19N3. The number of anilines is 1. The zero-order valence-corrected chi connectivity index (χ0v) is 10.5. The summed E-state index contributed by atoms with van der Waals surface area (Å²) in [7, 11) is 1.90. The Bertz CT molecular complexity index is 494. The maximum atomic E-state index is 4.54.